The summed E-state index contributed by atoms with van der Waals surface area (Å²) < 4.78 is 0. The van der Waals surface area contributed by atoms with Crippen LogP contribution in [0.2, 0.25) is 0 Å². The maximum atomic E-state index is 12.6. The van der Waals surface area contributed by atoms with Gasteiger partial charge in [0.1, 0.15) is 5.01 Å². The second kappa shape index (κ2) is 16.2. The Bertz CT molecular complexity index is 1470. The molecule has 0 aliphatic heterocycles. The first kappa shape index (κ1) is 32.9. The van der Waals surface area contributed by atoms with Gasteiger partial charge in [-0.3, -0.25) is 14.5 Å². The molecule has 0 aliphatic carbocycles. The second-order valence-corrected chi connectivity index (χ2v) is 12.5. The molecule has 232 valence electrons. The Labute approximate surface area is 265 Å². The van der Waals surface area contributed by atoms with Gasteiger partial charge in [0.15, 0.2) is 0 Å². The summed E-state index contributed by atoms with van der Waals surface area (Å²) in [6, 6.07) is 26.7. The summed E-state index contributed by atoms with van der Waals surface area (Å²) in [5.74, 6) is -0.106. The molecule has 44 heavy (non-hydrogen) atoms. The maximum absolute atomic E-state index is 12.6. The highest BCUT2D eigenvalue weighted by Gasteiger charge is 2.18. The Morgan fingerprint density at radius 1 is 0.886 bits per heavy atom. The van der Waals surface area contributed by atoms with E-state index in [9.17, 15) is 14.7 Å². The molecule has 7 nitrogen and oxygen atoms in total. The number of carboxylic acid groups (broad SMARTS) is 1. The minimum absolute atomic E-state index is 0.0432. The van der Waals surface area contributed by atoms with E-state index in [1.54, 1.807) is 17.0 Å². The highest BCUT2D eigenvalue weighted by molar-refractivity contribution is 7.09. The Morgan fingerprint density at radius 2 is 1.57 bits per heavy atom. The van der Waals surface area contributed by atoms with Crippen LogP contribution in [-0.4, -0.2) is 46.5 Å². The lowest BCUT2D eigenvalue weighted by Gasteiger charge is -2.29. The van der Waals surface area contributed by atoms with Crippen molar-refractivity contribution in [2.45, 2.75) is 59.5 Å². The molecular weight excluding hydrogens is 568 g/mol. The summed E-state index contributed by atoms with van der Waals surface area (Å²) in [5, 5.41) is 15.0. The van der Waals surface area contributed by atoms with Gasteiger partial charge >= 0.3 is 5.97 Å². The molecule has 4 rings (SSSR count). The monoisotopic (exact) mass is 612 g/mol. The average Bonchev–Trinajstić information content (AvgIpc) is 3.48. The Hall–Kier alpha value is -4.01. The number of hydrogen-bond acceptors (Lipinski definition) is 6. The van der Waals surface area contributed by atoms with Crippen molar-refractivity contribution in [1.82, 2.24) is 9.88 Å². The predicted molar refractivity (Wildman–Crippen MR) is 181 cm³/mol. The van der Waals surface area contributed by atoms with Crippen LogP contribution in [0.1, 0.15) is 62.6 Å². The van der Waals surface area contributed by atoms with E-state index in [1.807, 2.05) is 23.6 Å². The Kier molecular flexibility index (Phi) is 12.1. The standard InChI is InChI=1S/C36H44N4O3S/c1-5-27(6-2)20-40(32-18-16-29(17-19-32)26(3)4)21-28-12-14-30(15-13-28)33-25-44-35(38-33)23-39(24-36(42)43)22-34(41)37-31-10-8-7-9-11-31/h7-19,25-27H,5-6,20-24H2,1-4H3,(H,37,41)(H,42,43). The topological polar surface area (TPSA) is 85.8 Å². The van der Waals surface area contributed by atoms with Gasteiger partial charge in [0.05, 0.1) is 25.3 Å². The summed E-state index contributed by atoms with van der Waals surface area (Å²) >= 11 is 1.47. The number of nitrogens with one attached hydrogen (secondary N) is 1. The van der Waals surface area contributed by atoms with Gasteiger partial charge in [-0.15, -0.1) is 11.3 Å². The summed E-state index contributed by atoms with van der Waals surface area (Å²) in [7, 11) is 0. The van der Waals surface area contributed by atoms with Crippen molar-refractivity contribution in [3.05, 3.63) is 100 Å². The number of aromatic nitrogens is 1. The lowest BCUT2D eigenvalue weighted by Crippen LogP contribution is -2.36. The molecular formula is C36H44N4O3S. The molecule has 0 spiro atoms. The van der Waals surface area contributed by atoms with Crippen molar-refractivity contribution >= 4 is 34.6 Å². The van der Waals surface area contributed by atoms with Gasteiger partial charge in [-0.05, 0) is 47.2 Å². The molecule has 0 aliphatic rings. The molecule has 0 saturated heterocycles. The number of amides is 1. The largest absolute Gasteiger partial charge is 0.480 e. The zero-order valence-electron chi connectivity index (χ0n) is 26.2. The molecule has 0 radical (unpaired) electrons. The van der Waals surface area contributed by atoms with Crippen molar-refractivity contribution in [2.75, 3.05) is 29.9 Å². The minimum Gasteiger partial charge on any atom is -0.480 e. The smallest absolute Gasteiger partial charge is 0.317 e. The molecule has 3 aromatic carbocycles. The number of carbonyl (C=O) groups excluding carboxylic acids is 1. The van der Waals surface area contributed by atoms with E-state index >= 15 is 0 Å². The second-order valence-electron chi connectivity index (χ2n) is 11.6. The third-order valence-electron chi connectivity index (χ3n) is 7.88. The van der Waals surface area contributed by atoms with Crippen molar-refractivity contribution in [3.8, 4) is 11.3 Å². The highest BCUT2D eigenvalue weighted by Crippen LogP contribution is 2.27. The van der Waals surface area contributed by atoms with E-state index in [-0.39, 0.29) is 25.5 Å². The average molecular weight is 613 g/mol. The van der Waals surface area contributed by atoms with Gasteiger partial charge in [-0.1, -0.05) is 95.1 Å². The van der Waals surface area contributed by atoms with E-state index in [4.69, 9.17) is 4.98 Å². The zero-order chi connectivity index (χ0) is 31.5. The summed E-state index contributed by atoms with van der Waals surface area (Å²) in [6.07, 6.45) is 2.31. The Morgan fingerprint density at radius 3 is 2.18 bits per heavy atom. The van der Waals surface area contributed by atoms with Gasteiger partial charge in [0.2, 0.25) is 5.91 Å². The third kappa shape index (κ3) is 9.76. The van der Waals surface area contributed by atoms with Crippen molar-refractivity contribution in [3.63, 3.8) is 0 Å². The fourth-order valence-corrected chi connectivity index (χ4v) is 6.03. The van der Waals surface area contributed by atoms with Crippen LogP contribution in [-0.2, 0) is 22.7 Å². The lowest BCUT2D eigenvalue weighted by molar-refractivity contribution is -0.138. The molecule has 0 fully saturated rings. The third-order valence-corrected chi connectivity index (χ3v) is 8.71. The number of rotatable bonds is 16. The van der Waals surface area contributed by atoms with Crippen LogP contribution in [0.25, 0.3) is 11.3 Å². The van der Waals surface area contributed by atoms with Gasteiger partial charge in [-0.25, -0.2) is 4.98 Å². The summed E-state index contributed by atoms with van der Waals surface area (Å²) in [4.78, 5) is 33.0. The van der Waals surface area contributed by atoms with Crippen molar-refractivity contribution in [1.29, 1.82) is 0 Å². The zero-order valence-corrected chi connectivity index (χ0v) is 27.0. The molecule has 0 saturated carbocycles. The number of para-hydroxylation sites is 1. The number of hydrogen-bond donors (Lipinski definition) is 2. The molecule has 0 bridgehead atoms. The fourth-order valence-electron chi connectivity index (χ4n) is 5.18. The molecule has 1 heterocycles. The maximum Gasteiger partial charge on any atom is 0.317 e. The fraction of sp³-hybridized carbons (Fsp3) is 0.361. The molecule has 8 heteroatoms. The number of anilines is 2. The molecule has 4 aromatic rings. The lowest BCUT2D eigenvalue weighted by atomic mass is 10.0. The van der Waals surface area contributed by atoms with E-state index in [2.05, 4.69) is 86.4 Å². The van der Waals surface area contributed by atoms with Gasteiger partial charge in [-0.2, -0.15) is 0 Å². The number of benzene rings is 3. The molecule has 0 unspecified atom stereocenters. The van der Waals surface area contributed by atoms with Crippen LogP contribution in [0.4, 0.5) is 11.4 Å². The summed E-state index contributed by atoms with van der Waals surface area (Å²) in [5.41, 5.74) is 6.37. The molecule has 2 N–H and O–H groups in total. The molecule has 1 amide bonds. The van der Waals surface area contributed by atoms with E-state index < -0.39 is 5.97 Å². The minimum atomic E-state index is -0.987. The number of aliphatic carboxylic acids is 1. The van der Waals surface area contributed by atoms with Gasteiger partial charge < -0.3 is 15.3 Å². The molecule has 1 aromatic heterocycles. The van der Waals surface area contributed by atoms with Crippen LogP contribution < -0.4 is 10.2 Å². The predicted octanol–water partition coefficient (Wildman–Crippen LogP) is 7.90. The normalized spacial score (nSPS) is 11.3. The first-order chi connectivity index (χ1) is 21.2. The van der Waals surface area contributed by atoms with E-state index in [0.717, 1.165) is 42.2 Å². The van der Waals surface area contributed by atoms with Crippen LogP contribution in [0.3, 0.4) is 0 Å². The van der Waals surface area contributed by atoms with E-state index in [0.29, 0.717) is 17.5 Å². The Balaban J connectivity index is 1.42. The van der Waals surface area contributed by atoms with Gasteiger partial charge in [0.25, 0.3) is 0 Å². The first-order valence-electron chi connectivity index (χ1n) is 15.4. The quantitative estimate of drug-likeness (QED) is 0.134. The summed E-state index contributed by atoms with van der Waals surface area (Å²) in [6.45, 7) is 10.8. The number of carboxylic acids is 1. The SMILES string of the molecule is CCC(CC)CN(Cc1ccc(-c2csc(CN(CC(=O)O)CC(=O)Nc3ccccc3)n2)cc1)c1ccc(C(C)C)cc1. The first-order valence-corrected chi connectivity index (χ1v) is 16.3. The van der Waals surface area contributed by atoms with Crippen LogP contribution in [0.5, 0.6) is 0 Å². The van der Waals surface area contributed by atoms with Crippen molar-refractivity contribution < 1.29 is 14.7 Å². The van der Waals surface area contributed by atoms with E-state index in [1.165, 1.54) is 28.2 Å². The van der Waals surface area contributed by atoms with Crippen LogP contribution in [0.15, 0.2) is 84.2 Å². The number of nitrogens with zero attached hydrogens (tertiary/aromatic N) is 3. The van der Waals surface area contributed by atoms with Crippen LogP contribution >= 0.6 is 11.3 Å². The van der Waals surface area contributed by atoms with Gasteiger partial charge in [0, 0.05) is 35.4 Å². The molecule has 0 atom stereocenters. The number of thiazole rings is 1. The van der Waals surface area contributed by atoms with Crippen molar-refractivity contribution in [2.24, 2.45) is 5.92 Å². The highest BCUT2D eigenvalue weighted by atomic mass is 32.1. The number of carbonyl (C=O) groups is 2. The van der Waals surface area contributed by atoms with Crippen LogP contribution in [0, 0.1) is 5.92 Å².